The molecule has 1 amide bonds. The lowest BCUT2D eigenvalue weighted by molar-refractivity contribution is 0.0623. The van der Waals surface area contributed by atoms with Crippen LogP contribution in [0.4, 0.5) is 31.8 Å². The molecule has 2 saturated heterocycles. The van der Waals surface area contributed by atoms with Crippen molar-refractivity contribution in [3.05, 3.63) is 108 Å². The second kappa shape index (κ2) is 22.8. The number of aromatic nitrogens is 4. The molecule has 0 spiro atoms. The Balaban J connectivity index is 0.975. The summed E-state index contributed by atoms with van der Waals surface area (Å²) in [4.78, 5) is 36.3. The molecule has 3 aromatic carbocycles. The molecular weight excluding hydrogens is 861 g/mol. The first-order chi connectivity index (χ1) is 33.2. The molecule has 5 heterocycles. The van der Waals surface area contributed by atoms with Gasteiger partial charge < -0.3 is 25.0 Å². The van der Waals surface area contributed by atoms with Gasteiger partial charge in [-0.05, 0) is 99.7 Å². The van der Waals surface area contributed by atoms with Crippen LogP contribution in [0.25, 0.3) is 28.3 Å². The summed E-state index contributed by atoms with van der Waals surface area (Å²) >= 11 is 0. The number of anilines is 4. The predicted molar refractivity (Wildman–Crippen MR) is 269 cm³/mol. The van der Waals surface area contributed by atoms with E-state index in [-0.39, 0.29) is 17.9 Å². The number of ether oxygens (including phenoxy) is 2. The maximum atomic E-state index is 14.6. The van der Waals surface area contributed by atoms with Crippen LogP contribution in [0.2, 0.25) is 0 Å². The minimum absolute atomic E-state index is 0.0871. The number of nitrogens with one attached hydrogen (secondary N) is 2. The molecule has 2 fully saturated rings. The fraction of sp³-hybridized carbons (Fsp3) is 0.444. The Morgan fingerprint density at radius 3 is 2.34 bits per heavy atom. The first-order valence-corrected chi connectivity index (χ1v) is 24.7. The number of rotatable bonds is 20. The number of halogens is 2. The van der Waals surface area contributed by atoms with E-state index in [2.05, 4.69) is 63.2 Å². The summed E-state index contributed by atoms with van der Waals surface area (Å²) in [6, 6.07) is 21.6. The number of carbonyl (C=O) groups is 1. The second-order valence-electron chi connectivity index (χ2n) is 18.1. The number of piperidine rings is 1. The van der Waals surface area contributed by atoms with Gasteiger partial charge in [-0.25, -0.2) is 23.7 Å². The van der Waals surface area contributed by atoms with Crippen molar-refractivity contribution in [3.8, 4) is 34.1 Å². The third-order valence-corrected chi connectivity index (χ3v) is 13.7. The summed E-state index contributed by atoms with van der Waals surface area (Å²) in [5.74, 6) is -1.19. The third-order valence-electron chi connectivity index (χ3n) is 13.7. The zero-order valence-electron chi connectivity index (χ0n) is 40.4. The maximum Gasteiger partial charge on any atom is 0.259 e. The van der Waals surface area contributed by atoms with Crippen LogP contribution in [0.1, 0.15) is 101 Å². The topological polar surface area (TPSA) is 112 Å². The highest BCUT2D eigenvalue weighted by Gasteiger charge is 2.30. The van der Waals surface area contributed by atoms with E-state index in [1.54, 1.807) is 38.4 Å². The van der Waals surface area contributed by atoms with Crippen molar-refractivity contribution < 1.29 is 23.0 Å². The zero-order chi connectivity index (χ0) is 47.6. The van der Waals surface area contributed by atoms with Crippen LogP contribution in [0, 0.1) is 11.6 Å². The van der Waals surface area contributed by atoms with Crippen LogP contribution in [0.3, 0.4) is 0 Å². The monoisotopic (exact) mass is 928 g/mol. The van der Waals surface area contributed by atoms with Gasteiger partial charge in [-0.2, -0.15) is 0 Å². The van der Waals surface area contributed by atoms with E-state index in [9.17, 15) is 13.6 Å². The molecule has 68 heavy (non-hydrogen) atoms. The highest BCUT2D eigenvalue weighted by Crippen LogP contribution is 2.39. The summed E-state index contributed by atoms with van der Waals surface area (Å²) in [5, 5.41) is 5.86. The van der Waals surface area contributed by atoms with E-state index < -0.39 is 23.2 Å². The van der Waals surface area contributed by atoms with Gasteiger partial charge in [0.25, 0.3) is 5.91 Å². The van der Waals surface area contributed by atoms with Crippen molar-refractivity contribution in [1.29, 1.82) is 0 Å². The van der Waals surface area contributed by atoms with E-state index in [4.69, 9.17) is 19.4 Å². The molecule has 8 rings (SSSR count). The highest BCUT2D eigenvalue weighted by molar-refractivity contribution is 6.07. The van der Waals surface area contributed by atoms with Crippen LogP contribution in [0.5, 0.6) is 11.5 Å². The number of nitrogens with zero attached hydrogens (tertiary/aromatic N) is 7. The van der Waals surface area contributed by atoms with Crippen LogP contribution in [-0.4, -0.2) is 100 Å². The number of carbonyl (C=O) groups excluding carboxylic acids is 1. The number of amides is 1. The number of para-hydroxylation sites is 1. The van der Waals surface area contributed by atoms with Gasteiger partial charge >= 0.3 is 0 Å². The van der Waals surface area contributed by atoms with Gasteiger partial charge in [-0.15, -0.1) is 0 Å². The number of fused-ring (bicyclic) bond motifs is 1. The lowest BCUT2D eigenvalue weighted by Gasteiger charge is -2.45. The molecule has 2 aliphatic heterocycles. The lowest BCUT2D eigenvalue weighted by Crippen LogP contribution is -2.54. The Kier molecular flexibility index (Phi) is 16.2. The Labute approximate surface area is 400 Å². The Hall–Kier alpha value is -6.12. The number of imidazole rings is 1. The average Bonchev–Trinajstić information content (AvgIpc) is 3.76. The summed E-state index contributed by atoms with van der Waals surface area (Å²) in [5.41, 5.74) is 5.70. The minimum atomic E-state index is -0.888. The van der Waals surface area contributed by atoms with E-state index >= 15 is 0 Å². The number of hydrogen-bond donors (Lipinski definition) is 2. The van der Waals surface area contributed by atoms with Crippen molar-refractivity contribution in [3.63, 3.8) is 0 Å². The fourth-order valence-corrected chi connectivity index (χ4v) is 9.92. The predicted octanol–water partition coefficient (Wildman–Crippen LogP) is 11.4. The van der Waals surface area contributed by atoms with Gasteiger partial charge in [0.05, 0.1) is 42.0 Å². The molecule has 2 N–H and O–H groups in total. The molecule has 1 unspecified atom stereocenters. The Bertz CT molecular complexity index is 2620. The number of unbranched alkanes of at least 4 members (excludes halogenated alkanes) is 5. The standard InChI is InChI=1S/C54H67F2N9O3/c1-6-9-10-11-12-13-17-37(4)62-30-32-63(33-31-62)40-24-28-64(29-25-40)46-36-48(67-5)45(35-38(46)7-2)59-54-57-26-23-44(58-54)52-50(60-49-20-14-15-27-65(49)52)39-21-22-47(68-8-3)41(34-39)53(66)61-51-42(55)18-16-19-43(51)56/h14-16,18-23,26-27,34-37,40H,6-13,17,24-25,28-33H2,1-5H3,(H,61,66)(H,57,58,59). The molecule has 0 aliphatic carbocycles. The van der Waals surface area contributed by atoms with Gasteiger partial charge in [0, 0.05) is 81.1 Å². The van der Waals surface area contributed by atoms with Gasteiger partial charge in [0.15, 0.2) is 0 Å². The average molecular weight is 928 g/mol. The normalized spacial score (nSPS) is 15.4. The molecule has 0 saturated carbocycles. The van der Waals surface area contributed by atoms with Crippen LogP contribution in [-0.2, 0) is 6.42 Å². The Morgan fingerprint density at radius 2 is 1.60 bits per heavy atom. The molecule has 14 heteroatoms. The fourth-order valence-electron chi connectivity index (χ4n) is 9.92. The largest absolute Gasteiger partial charge is 0.494 e. The van der Waals surface area contributed by atoms with Crippen molar-refractivity contribution in [2.75, 3.05) is 68.5 Å². The summed E-state index contributed by atoms with van der Waals surface area (Å²) in [7, 11) is 1.69. The molecule has 3 aromatic heterocycles. The van der Waals surface area contributed by atoms with Crippen molar-refractivity contribution in [2.24, 2.45) is 0 Å². The highest BCUT2D eigenvalue weighted by atomic mass is 19.1. The number of benzene rings is 3. The van der Waals surface area contributed by atoms with E-state index in [0.29, 0.717) is 52.1 Å². The molecule has 12 nitrogen and oxygen atoms in total. The lowest BCUT2D eigenvalue weighted by atomic mass is 9.99. The van der Waals surface area contributed by atoms with E-state index in [1.807, 2.05) is 34.9 Å². The molecule has 360 valence electrons. The van der Waals surface area contributed by atoms with Gasteiger partial charge in [-0.1, -0.05) is 64.5 Å². The zero-order valence-corrected chi connectivity index (χ0v) is 40.4. The van der Waals surface area contributed by atoms with Crippen LogP contribution in [0.15, 0.2) is 85.2 Å². The molecular formula is C54H67F2N9O3. The summed E-state index contributed by atoms with van der Waals surface area (Å²) < 4.78 is 43.0. The molecule has 0 bridgehead atoms. The number of methoxy groups -OCH3 is 1. The van der Waals surface area contributed by atoms with Gasteiger partial charge in [0.1, 0.15) is 34.5 Å². The van der Waals surface area contributed by atoms with E-state index in [0.717, 1.165) is 63.3 Å². The van der Waals surface area contributed by atoms with Gasteiger partial charge in [-0.3, -0.25) is 19.0 Å². The van der Waals surface area contributed by atoms with Crippen molar-refractivity contribution >= 4 is 34.6 Å². The van der Waals surface area contributed by atoms with Crippen molar-refractivity contribution in [2.45, 2.75) is 104 Å². The van der Waals surface area contributed by atoms with E-state index in [1.165, 1.54) is 75.4 Å². The maximum absolute atomic E-state index is 14.6. The summed E-state index contributed by atoms with van der Waals surface area (Å²) in [6.07, 6.45) is 16.2. The molecule has 0 radical (unpaired) electrons. The quantitative estimate of drug-likeness (QED) is 0.0718. The first kappa shape index (κ1) is 48.3. The van der Waals surface area contributed by atoms with Crippen LogP contribution >= 0.6 is 0 Å². The number of pyridine rings is 1. The number of aryl methyl sites for hydroxylation is 1. The smallest absolute Gasteiger partial charge is 0.259 e. The summed E-state index contributed by atoms with van der Waals surface area (Å²) in [6.45, 7) is 15.6. The third kappa shape index (κ3) is 11.1. The Morgan fingerprint density at radius 1 is 0.838 bits per heavy atom. The number of hydrogen-bond acceptors (Lipinski definition) is 10. The first-order valence-electron chi connectivity index (χ1n) is 24.7. The minimum Gasteiger partial charge on any atom is -0.494 e. The number of piperazine rings is 1. The van der Waals surface area contributed by atoms with Crippen molar-refractivity contribution in [1.82, 2.24) is 29.2 Å². The molecule has 1 atom stereocenters. The molecule has 2 aliphatic rings. The SMILES string of the molecule is CCCCCCCCC(C)N1CCN(C2CCN(c3cc(OC)c(Nc4nccc(-c5c(-c6ccc(OCC)c(C(=O)Nc7c(F)cccc7F)c6)nc6ccccn56)n4)cc3CC)CC2)CC1. The molecule has 6 aromatic rings. The van der Waals surface area contributed by atoms with Gasteiger partial charge in [0.2, 0.25) is 5.95 Å². The second-order valence-corrected chi connectivity index (χ2v) is 18.1. The van der Waals surface area contributed by atoms with Crippen LogP contribution < -0.4 is 25.0 Å².